The fraction of sp³-hybridized carbons (Fsp3) is 0.156. The van der Waals surface area contributed by atoms with E-state index >= 15 is 0 Å². The molecule has 1 atom stereocenters. The Morgan fingerprint density at radius 3 is 2.33 bits per heavy atom. The van der Waals surface area contributed by atoms with Gasteiger partial charge in [0.1, 0.15) is 17.8 Å². The number of aryl methyl sites for hydroxylation is 1. The molecule has 0 saturated carbocycles. The van der Waals surface area contributed by atoms with E-state index < -0.39 is 0 Å². The van der Waals surface area contributed by atoms with Crippen molar-refractivity contribution in [1.29, 1.82) is 0 Å². The van der Waals surface area contributed by atoms with Crippen LogP contribution in [0.1, 0.15) is 39.7 Å². The average molecular weight is 574 g/mol. The van der Waals surface area contributed by atoms with Gasteiger partial charge in [-0.2, -0.15) is 5.10 Å². The van der Waals surface area contributed by atoms with Crippen LogP contribution in [0.15, 0.2) is 90.3 Å². The minimum Gasteiger partial charge on any atom is -0.497 e. The van der Waals surface area contributed by atoms with Crippen molar-refractivity contribution in [3.63, 3.8) is 0 Å². The van der Waals surface area contributed by atoms with Crippen molar-refractivity contribution >= 4 is 11.9 Å². The first-order valence-electron chi connectivity index (χ1n) is 13.6. The maximum atomic E-state index is 6.48. The quantitative estimate of drug-likeness (QED) is 0.174. The molecular formula is C32H27N7O4. The first-order valence-corrected chi connectivity index (χ1v) is 13.6. The topological polar surface area (TPSA) is 110 Å². The van der Waals surface area contributed by atoms with Gasteiger partial charge in [0.05, 0.1) is 48.9 Å². The minimum absolute atomic E-state index is 0.0768. The van der Waals surface area contributed by atoms with Gasteiger partial charge in [0.2, 0.25) is 11.8 Å². The van der Waals surface area contributed by atoms with Crippen molar-refractivity contribution in [2.45, 2.75) is 19.4 Å². The summed E-state index contributed by atoms with van der Waals surface area (Å²) in [6.45, 7) is 2.06. The molecule has 11 heteroatoms. The number of nitrogens with zero attached hydrogens (tertiary/aromatic N) is 7. The smallest absolute Gasteiger partial charge is 0.230 e. The largest absolute Gasteiger partial charge is 0.497 e. The van der Waals surface area contributed by atoms with Gasteiger partial charge in [-0.05, 0) is 66.6 Å². The predicted molar refractivity (Wildman–Crippen MR) is 158 cm³/mol. The number of hydrogen-bond acceptors (Lipinski definition) is 9. The van der Waals surface area contributed by atoms with Crippen LogP contribution in [0.2, 0.25) is 0 Å². The lowest BCUT2D eigenvalue weighted by Gasteiger charge is -2.26. The van der Waals surface area contributed by atoms with E-state index in [1.807, 2.05) is 90.5 Å². The zero-order valence-corrected chi connectivity index (χ0v) is 23.7. The van der Waals surface area contributed by atoms with Crippen molar-refractivity contribution in [3.05, 3.63) is 119 Å². The number of rotatable bonds is 8. The normalized spacial score (nSPS) is 13.9. The number of hydrogen-bond donors (Lipinski definition) is 0. The molecule has 4 heterocycles. The highest BCUT2D eigenvalue weighted by atomic mass is 16.6. The van der Waals surface area contributed by atoms with Crippen LogP contribution in [-0.4, -0.2) is 49.8 Å². The molecule has 0 amide bonds. The molecule has 0 radical (unpaired) electrons. The Morgan fingerprint density at radius 2 is 1.60 bits per heavy atom. The number of aromatic nitrogens is 6. The highest BCUT2D eigenvalue weighted by molar-refractivity contribution is 5.79. The van der Waals surface area contributed by atoms with Crippen LogP contribution >= 0.6 is 0 Å². The summed E-state index contributed by atoms with van der Waals surface area (Å²) in [5.41, 5.74) is 5.95. The van der Waals surface area contributed by atoms with Gasteiger partial charge in [0.15, 0.2) is 18.1 Å². The van der Waals surface area contributed by atoms with E-state index in [0.717, 1.165) is 45.1 Å². The fourth-order valence-electron chi connectivity index (χ4n) is 5.24. The number of methoxy groups -OCH3 is 2. The van der Waals surface area contributed by atoms with Crippen LogP contribution in [0.5, 0.6) is 23.3 Å². The van der Waals surface area contributed by atoms with E-state index in [9.17, 15) is 0 Å². The number of para-hydroxylation sites is 1. The van der Waals surface area contributed by atoms with Crippen LogP contribution in [0.4, 0.5) is 0 Å². The summed E-state index contributed by atoms with van der Waals surface area (Å²) < 4.78 is 20.6. The molecule has 11 nitrogen and oxygen atoms in total. The Bertz CT molecular complexity index is 1930. The number of fused-ring (bicyclic) bond motifs is 4. The van der Waals surface area contributed by atoms with E-state index in [4.69, 9.17) is 29.1 Å². The zero-order valence-electron chi connectivity index (χ0n) is 23.7. The second-order valence-electron chi connectivity index (χ2n) is 9.90. The maximum Gasteiger partial charge on any atom is 0.230 e. The molecule has 0 saturated heterocycles. The lowest BCUT2D eigenvalue weighted by Crippen LogP contribution is -2.16. The first-order chi connectivity index (χ1) is 21.1. The first kappa shape index (κ1) is 26.2. The number of ether oxygens (including phenoxy) is 3. The Morgan fingerprint density at radius 1 is 0.884 bits per heavy atom. The summed E-state index contributed by atoms with van der Waals surface area (Å²) in [6.07, 6.45) is 3.22. The van der Waals surface area contributed by atoms with Crippen LogP contribution in [0.25, 0.3) is 11.3 Å². The molecular weight excluding hydrogens is 546 g/mol. The third-order valence-electron chi connectivity index (χ3n) is 7.30. The SMILES string of the molecule is COc1ccc(C=NOCc2nc3c4c(ncn3n2)Oc2c(c(C)nn2-c2ccccc2)C4c2ccc(OC)cc2)cc1. The number of benzene rings is 3. The summed E-state index contributed by atoms with van der Waals surface area (Å²) in [6, 6.07) is 25.4. The summed E-state index contributed by atoms with van der Waals surface area (Å²) in [4.78, 5) is 15.0. The van der Waals surface area contributed by atoms with Gasteiger partial charge in [-0.3, -0.25) is 0 Å². The molecule has 0 bridgehead atoms. The monoisotopic (exact) mass is 573 g/mol. The summed E-state index contributed by atoms with van der Waals surface area (Å²) in [5, 5.41) is 13.6. The fourth-order valence-corrected chi connectivity index (χ4v) is 5.24. The van der Waals surface area contributed by atoms with E-state index in [0.29, 0.717) is 23.2 Å². The van der Waals surface area contributed by atoms with Gasteiger partial charge in [-0.15, -0.1) is 5.10 Å². The van der Waals surface area contributed by atoms with Crippen molar-refractivity contribution in [1.82, 2.24) is 29.4 Å². The highest BCUT2D eigenvalue weighted by Gasteiger charge is 2.38. The van der Waals surface area contributed by atoms with Gasteiger partial charge in [-0.25, -0.2) is 19.2 Å². The van der Waals surface area contributed by atoms with Crippen LogP contribution in [0, 0.1) is 6.92 Å². The third-order valence-corrected chi connectivity index (χ3v) is 7.30. The zero-order chi connectivity index (χ0) is 29.3. The van der Waals surface area contributed by atoms with Gasteiger partial charge < -0.3 is 19.0 Å². The average Bonchev–Trinajstić information content (AvgIpc) is 3.63. The van der Waals surface area contributed by atoms with Gasteiger partial charge >= 0.3 is 0 Å². The molecule has 0 fully saturated rings. The van der Waals surface area contributed by atoms with Crippen molar-refractivity contribution in [2.24, 2.45) is 5.16 Å². The Hall–Kier alpha value is -5.71. The maximum absolute atomic E-state index is 6.48. The summed E-state index contributed by atoms with van der Waals surface area (Å²) in [7, 11) is 3.28. The second kappa shape index (κ2) is 10.9. The molecule has 6 aromatic rings. The van der Waals surface area contributed by atoms with E-state index in [-0.39, 0.29) is 12.5 Å². The van der Waals surface area contributed by atoms with E-state index in [2.05, 4.69) is 15.2 Å². The molecule has 3 aromatic heterocycles. The molecule has 1 aliphatic rings. The molecule has 3 aromatic carbocycles. The Labute approximate surface area is 246 Å². The Kier molecular flexibility index (Phi) is 6.66. The molecule has 7 rings (SSSR count). The summed E-state index contributed by atoms with van der Waals surface area (Å²) >= 11 is 0. The van der Waals surface area contributed by atoms with Gasteiger partial charge in [0.25, 0.3) is 0 Å². The van der Waals surface area contributed by atoms with Crippen molar-refractivity contribution in [2.75, 3.05) is 14.2 Å². The van der Waals surface area contributed by atoms with Gasteiger partial charge in [0, 0.05) is 0 Å². The predicted octanol–water partition coefficient (Wildman–Crippen LogP) is 5.47. The van der Waals surface area contributed by atoms with Crippen LogP contribution in [-0.2, 0) is 11.4 Å². The molecule has 0 spiro atoms. The van der Waals surface area contributed by atoms with Crippen molar-refractivity contribution < 1.29 is 19.0 Å². The molecule has 1 unspecified atom stereocenters. The highest BCUT2D eigenvalue weighted by Crippen LogP contribution is 2.49. The van der Waals surface area contributed by atoms with Gasteiger partial charge in [-0.1, -0.05) is 35.5 Å². The van der Waals surface area contributed by atoms with Crippen LogP contribution in [0.3, 0.4) is 0 Å². The summed E-state index contributed by atoms with van der Waals surface area (Å²) in [5.74, 6) is 2.78. The standard InChI is InChI=1S/C32H27N7O4/c1-20-27-28(22-11-15-25(41-3)16-12-22)29-30-35-26(18-42-34-17-21-9-13-24(40-2)14-10-21)37-38(30)19-33-31(29)43-32(27)39(36-20)23-7-5-4-6-8-23/h4-17,19,28H,18H2,1-3H3. The molecule has 214 valence electrons. The lowest BCUT2D eigenvalue weighted by atomic mass is 9.84. The second-order valence-corrected chi connectivity index (χ2v) is 9.90. The third kappa shape index (κ3) is 4.80. The molecule has 1 aliphatic heterocycles. The van der Waals surface area contributed by atoms with E-state index in [1.165, 1.54) is 0 Å². The van der Waals surface area contributed by atoms with Crippen LogP contribution < -0.4 is 14.2 Å². The van der Waals surface area contributed by atoms with E-state index in [1.54, 1.807) is 31.3 Å². The lowest BCUT2D eigenvalue weighted by molar-refractivity contribution is 0.126. The molecule has 0 N–H and O–H groups in total. The Balaban J connectivity index is 1.27. The number of oxime groups is 1. The van der Waals surface area contributed by atoms with Crippen molar-refractivity contribution in [3.8, 4) is 28.9 Å². The molecule has 43 heavy (non-hydrogen) atoms. The minimum atomic E-state index is -0.274. The molecule has 0 aliphatic carbocycles.